The number of ketones is 1. The van der Waals surface area contributed by atoms with Gasteiger partial charge in [-0.05, 0) is 49.1 Å². The van der Waals surface area contributed by atoms with Gasteiger partial charge in [-0.3, -0.25) is 4.79 Å². The maximum absolute atomic E-state index is 12.5. The summed E-state index contributed by atoms with van der Waals surface area (Å²) in [5, 5.41) is 2.47. The molecule has 1 atom stereocenters. The van der Waals surface area contributed by atoms with E-state index in [-0.39, 0.29) is 24.7 Å². The van der Waals surface area contributed by atoms with Crippen LogP contribution in [0.25, 0.3) is 11.1 Å². The number of esters is 1. The molecule has 1 aliphatic rings. The summed E-state index contributed by atoms with van der Waals surface area (Å²) in [4.78, 5) is 36.7. The number of benzene rings is 2. The van der Waals surface area contributed by atoms with Gasteiger partial charge in [0.1, 0.15) is 18.2 Å². The highest BCUT2D eigenvalue weighted by atomic mass is 16.6. The summed E-state index contributed by atoms with van der Waals surface area (Å²) in [5.41, 5.74) is 3.66. The smallest absolute Gasteiger partial charge is 0.407 e. The Balaban J connectivity index is 1.69. The van der Waals surface area contributed by atoms with Crippen LogP contribution in [-0.2, 0) is 19.1 Å². The number of hydrogen-bond acceptors (Lipinski definition) is 5. The van der Waals surface area contributed by atoms with Gasteiger partial charge in [0.05, 0.1) is 0 Å². The lowest BCUT2D eigenvalue weighted by Gasteiger charge is -2.24. The van der Waals surface area contributed by atoms with Gasteiger partial charge in [-0.15, -0.1) is 0 Å². The Morgan fingerprint density at radius 2 is 1.58 bits per heavy atom. The number of rotatable bonds is 7. The Hall–Kier alpha value is -3.41. The fourth-order valence-electron chi connectivity index (χ4n) is 3.63. The zero-order chi connectivity index (χ0) is 22.6. The monoisotopic (exact) mass is 421 g/mol. The molecule has 0 aromatic heterocycles. The molecule has 1 N–H and O–H groups in total. The van der Waals surface area contributed by atoms with Crippen molar-refractivity contribution < 1.29 is 23.9 Å². The van der Waals surface area contributed by atoms with Crippen LogP contribution in [0, 0.1) is 0 Å². The fourth-order valence-corrected chi connectivity index (χ4v) is 3.63. The maximum Gasteiger partial charge on any atom is 0.407 e. The first-order chi connectivity index (χ1) is 14.7. The molecular weight excluding hydrogens is 394 g/mol. The van der Waals surface area contributed by atoms with Gasteiger partial charge in [0, 0.05) is 12.3 Å². The molecule has 1 aliphatic carbocycles. The minimum Gasteiger partial charge on any atom is -0.458 e. The van der Waals surface area contributed by atoms with E-state index >= 15 is 0 Å². The lowest BCUT2D eigenvalue weighted by atomic mass is 9.98. The molecule has 0 saturated carbocycles. The lowest BCUT2D eigenvalue weighted by molar-refractivity contribution is -0.158. The van der Waals surface area contributed by atoms with Gasteiger partial charge in [0.2, 0.25) is 0 Å². The molecule has 6 nitrogen and oxygen atoms in total. The molecule has 0 bridgehead atoms. The molecule has 0 heterocycles. The molecular formula is C25H27NO5. The zero-order valence-electron chi connectivity index (χ0n) is 18.0. The van der Waals surface area contributed by atoms with Crippen LogP contribution in [0.5, 0.6) is 0 Å². The van der Waals surface area contributed by atoms with Gasteiger partial charge in [0.25, 0.3) is 0 Å². The number of carbonyl (C=O) groups is 3. The van der Waals surface area contributed by atoms with E-state index in [1.54, 1.807) is 20.8 Å². The number of amides is 1. The predicted molar refractivity (Wildman–Crippen MR) is 118 cm³/mol. The topological polar surface area (TPSA) is 81.7 Å². The molecule has 6 heteroatoms. The average molecular weight is 421 g/mol. The van der Waals surface area contributed by atoms with Crippen molar-refractivity contribution in [2.75, 3.05) is 6.61 Å². The van der Waals surface area contributed by atoms with Crippen molar-refractivity contribution in [3.63, 3.8) is 0 Å². The molecule has 0 aliphatic heterocycles. The Morgan fingerprint density at radius 3 is 2.10 bits per heavy atom. The normalized spacial score (nSPS) is 13.5. The van der Waals surface area contributed by atoms with Crippen LogP contribution in [0.15, 0.2) is 61.2 Å². The van der Waals surface area contributed by atoms with Crippen molar-refractivity contribution in [3.8, 4) is 11.1 Å². The highest BCUT2D eigenvalue weighted by Crippen LogP contribution is 2.44. The number of carbonyl (C=O) groups excluding carboxylic acids is 3. The minimum atomic E-state index is -1.15. The van der Waals surface area contributed by atoms with Gasteiger partial charge in [-0.2, -0.15) is 0 Å². The Bertz CT molecular complexity index is 959. The van der Waals surface area contributed by atoms with Crippen molar-refractivity contribution in [2.45, 2.75) is 44.8 Å². The number of ether oxygens (including phenoxy) is 2. The van der Waals surface area contributed by atoms with Gasteiger partial charge in [-0.25, -0.2) is 9.59 Å². The number of hydrogen-bond donors (Lipinski definition) is 1. The quantitative estimate of drug-likeness (QED) is 0.530. The van der Waals surface area contributed by atoms with E-state index in [0.29, 0.717) is 0 Å². The third-order valence-electron chi connectivity index (χ3n) is 4.96. The fraction of sp³-hybridized carbons (Fsp3) is 0.320. The summed E-state index contributed by atoms with van der Waals surface area (Å²) in [6, 6.07) is 14.9. The van der Waals surface area contributed by atoms with E-state index in [9.17, 15) is 14.4 Å². The van der Waals surface area contributed by atoms with Crippen LogP contribution in [-0.4, -0.2) is 36.1 Å². The zero-order valence-corrected chi connectivity index (χ0v) is 18.0. The molecule has 31 heavy (non-hydrogen) atoms. The van der Waals surface area contributed by atoms with Crippen LogP contribution >= 0.6 is 0 Å². The average Bonchev–Trinajstić information content (AvgIpc) is 3.04. The summed E-state index contributed by atoms with van der Waals surface area (Å²) >= 11 is 0. The first-order valence-corrected chi connectivity index (χ1v) is 10.2. The Morgan fingerprint density at radius 1 is 1.03 bits per heavy atom. The summed E-state index contributed by atoms with van der Waals surface area (Å²) in [6.07, 6.45) is 0.0777. The molecule has 162 valence electrons. The highest BCUT2D eigenvalue weighted by Gasteiger charge is 2.31. The molecule has 2 aromatic carbocycles. The van der Waals surface area contributed by atoms with Gasteiger partial charge in [0.15, 0.2) is 5.78 Å². The van der Waals surface area contributed by atoms with Crippen molar-refractivity contribution >= 4 is 17.8 Å². The van der Waals surface area contributed by atoms with Gasteiger partial charge in [-0.1, -0.05) is 55.1 Å². The molecule has 1 amide bonds. The molecule has 0 fully saturated rings. The van der Waals surface area contributed by atoms with E-state index in [1.165, 1.54) is 0 Å². The molecule has 2 aromatic rings. The Labute approximate surface area is 182 Å². The largest absolute Gasteiger partial charge is 0.458 e. The SMILES string of the molecule is C=CC(=O)C[C@H](NC(=O)OCC1c2ccccc2-c2ccccc21)C(=O)OC(C)(C)C. The standard InChI is InChI=1S/C25H27NO5/c1-5-16(27)14-22(23(28)31-25(2,3)4)26-24(29)30-15-21-19-12-8-6-10-17(19)18-11-7-9-13-20(18)21/h5-13,21-22H,1,14-15H2,2-4H3,(H,26,29)/t22-/m0/s1. The second kappa shape index (κ2) is 9.16. The van der Waals surface area contributed by atoms with Crippen LogP contribution in [0.2, 0.25) is 0 Å². The predicted octanol–water partition coefficient (Wildman–Crippen LogP) is 4.38. The van der Waals surface area contributed by atoms with E-state index < -0.39 is 23.7 Å². The number of nitrogens with one attached hydrogen (secondary N) is 1. The van der Waals surface area contributed by atoms with Crippen molar-refractivity contribution in [1.82, 2.24) is 5.32 Å². The second-order valence-electron chi connectivity index (χ2n) is 8.43. The van der Waals surface area contributed by atoms with Crippen molar-refractivity contribution in [3.05, 3.63) is 72.3 Å². The minimum absolute atomic E-state index is 0.104. The van der Waals surface area contributed by atoms with E-state index in [2.05, 4.69) is 11.9 Å². The third kappa shape index (κ3) is 5.40. The molecule has 0 spiro atoms. The number of fused-ring (bicyclic) bond motifs is 3. The van der Waals surface area contributed by atoms with Crippen LogP contribution in [0.4, 0.5) is 4.79 Å². The van der Waals surface area contributed by atoms with Crippen LogP contribution in [0.1, 0.15) is 44.2 Å². The first-order valence-electron chi connectivity index (χ1n) is 10.2. The molecule has 0 radical (unpaired) electrons. The van der Waals surface area contributed by atoms with Gasteiger partial charge < -0.3 is 14.8 Å². The summed E-state index contributed by atoms with van der Waals surface area (Å²) in [5.74, 6) is -1.18. The second-order valence-corrected chi connectivity index (χ2v) is 8.43. The Kier molecular flexibility index (Phi) is 6.59. The van der Waals surface area contributed by atoms with Crippen molar-refractivity contribution in [2.24, 2.45) is 0 Å². The summed E-state index contributed by atoms with van der Waals surface area (Å²) in [6.45, 7) is 8.66. The van der Waals surface area contributed by atoms with E-state index in [4.69, 9.17) is 9.47 Å². The van der Waals surface area contributed by atoms with E-state index in [0.717, 1.165) is 28.3 Å². The van der Waals surface area contributed by atoms with Crippen LogP contribution < -0.4 is 5.32 Å². The van der Waals surface area contributed by atoms with Crippen LogP contribution in [0.3, 0.4) is 0 Å². The first kappa shape index (κ1) is 22.3. The lowest BCUT2D eigenvalue weighted by Crippen LogP contribution is -2.45. The number of alkyl carbamates (subject to hydrolysis) is 1. The highest BCUT2D eigenvalue weighted by molar-refractivity contribution is 5.94. The van der Waals surface area contributed by atoms with Gasteiger partial charge >= 0.3 is 12.1 Å². The van der Waals surface area contributed by atoms with E-state index in [1.807, 2.05) is 48.5 Å². The summed E-state index contributed by atoms with van der Waals surface area (Å²) in [7, 11) is 0. The molecule has 0 unspecified atom stereocenters. The maximum atomic E-state index is 12.5. The molecule has 0 saturated heterocycles. The molecule has 3 rings (SSSR count). The number of allylic oxidation sites excluding steroid dienone is 1. The third-order valence-corrected chi connectivity index (χ3v) is 4.96. The van der Waals surface area contributed by atoms with Crippen molar-refractivity contribution in [1.29, 1.82) is 0 Å². The summed E-state index contributed by atoms with van der Waals surface area (Å²) < 4.78 is 10.8.